The summed E-state index contributed by atoms with van der Waals surface area (Å²) in [4.78, 5) is 0. The van der Waals surface area contributed by atoms with Crippen LogP contribution in [0.1, 0.15) is 65.2 Å². The molecule has 0 aromatic rings. The zero-order chi connectivity index (χ0) is 11.2. The van der Waals surface area contributed by atoms with Gasteiger partial charge in [0, 0.05) is 21.4 Å². The van der Waals surface area contributed by atoms with E-state index in [1.807, 2.05) is 0 Å². The molecule has 0 aliphatic heterocycles. The topological polar surface area (TPSA) is 0 Å². The third-order valence-electron chi connectivity index (χ3n) is 2.11. The average molecular weight is 222 g/mol. The zero-order valence-electron chi connectivity index (χ0n) is 10.2. The molecule has 0 saturated carbocycles. The van der Waals surface area contributed by atoms with Gasteiger partial charge in [-0.05, 0) is 12.8 Å². The second kappa shape index (κ2) is 13.5. The minimum absolute atomic E-state index is 0.534. The van der Waals surface area contributed by atoms with Crippen molar-refractivity contribution in [3.05, 3.63) is 0 Å². The van der Waals surface area contributed by atoms with Crippen LogP contribution in [-0.4, -0.2) is 0 Å². The molecule has 0 aromatic heterocycles. The third-order valence-corrected chi connectivity index (χ3v) is 2.72. The van der Waals surface area contributed by atoms with E-state index in [2.05, 4.69) is 37.0 Å². The number of rotatable bonds is 6. The van der Waals surface area contributed by atoms with Gasteiger partial charge in [-0.2, -0.15) is 0 Å². The van der Waals surface area contributed by atoms with Gasteiger partial charge in [-0.1, -0.05) is 62.7 Å². The first-order valence-corrected chi connectivity index (χ1v) is 7.12. The minimum Gasteiger partial charge on any atom is -0.0979 e. The maximum absolute atomic E-state index is 3.18. The van der Waals surface area contributed by atoms with Crippen LogP contribution in [0.3, 0.4) is 0 Å². The summed E-state index contributed by atoms with van der Waals surface area (Å²) in [6, 6.07) is 0. The quantitative estimate of drug-likeness (QED) is 0.346. The van der Waals surface area contributed by atoms with Crippen LogP contribution in [0, 0.1) is 23.2 Å². The Morgan fingerprint density at radius 1 is 0.733 bits per heavy atom. The summed E-state index contributed by atoms with van der Waals surface area (Å²) >= 11 is 0. The van der Waals surface area contributed by atoms with Gasteiger partial charge < -0.3 is 0 Å². The molecule has 0 amide bonds. The fraction of sp³-hybridized carbons (Fsp3) is 0.714. The molecule has 0 aliphatic rings. The largest absolute Gasteiger partial charge is 0.0979 e. The highest BCUT2D eigenvalue weighted by Crippen LogP contribution is 2.05. The van der Waals surface area contributed by atoms with Crippen LogP contribution in [0.2, 0.25) is 0 Å². The Hall–Kier alpha value is -0.450. The van der Waals surface area contributed by atoms with Crippen molar-refractivity contribution in [3.8, 4) is 23.2 Å². The Morgan fingerprint density at radius 3 is 1.60 bits per heavy atom. The van der Waals surface area contributed by atoms with E-state index in [-0.39, 0.29) is 0 Å². The van der Waals surface area contributed by atoms with E-state index in [4.69, 9.17) is 0 Å². The predicted octanol–water partition coefficient (Wildman–Crippen LogP) is 4.75. The second-order valence-corrected chi connectivity index (χ2v) is 4.39. The van der Waals surface area contributed by atoms with Crippen molar-refractivity contribution in [1.82, 2.24) is 0 Å². The first-order chi connectivity index (χ1) is 7.41. The first-order valence-electron chi connectivity index (χ1n) is 6.12. The lowest BCUT2D eigenvalue weighted by molar-refractivity contribution is 0.737. The van der Waals surface area contributed by atoms with Crippen LogP contribution in [0.4, 0.5) is 0 Å². The molecule has 0 radical (unpaired) electrons. The second-order valence-electron chi connectivity index (χ2n) is 3.64. The first kappa shape index (κ1) is 14.6. The van der Waals surface area contributed by atoms with Gasteiger partial charge in [0.25, 0.3) is 0 Å². The lowest BCUT2D eigenvalue weighted by Gasteiger charge is -1.88. The lowest BCUT2D eigenvalue weighted by Crippen LogP contribution is -1.70. The molecule has 0 aromatic carbocycles. The molecule has 0 fully saturated rings. The summed E-state index contributed by atoms with van der Waals surface area (Å²) in [5.41, 5.74) is 6.28. The molecule has 0 N–H and O–H groups in total. The Balaban J connectivity index is 3.26. The van der Waals surface area contributed by atoms with Gasteiger partial charge in [0.15, 0.2) is 0 Å². The van der Waals surface area contributed by atoms with Crippen molar-refractivity contribution < 1.29 is 0 Å². The molecule has 0 atom stereocenters. The summed E-state index contributed by atoms with van der Waals surface area (Å²) in [7, 11) is 0.534. The van der Waals surface area contributed by atoms with E-state index in [9.17, 15) is 0 Å². The summed E-state index contributed by atoms with van der Waals surface area (Å²) in [5.74, 6) is 6.36. The van der Waals surface area contributed by atoms with E-state index in [0.717, 1.165) is 12.8 Å². The SMILES string of the molecule is CCCCCC#CPC#CCCCCC. The van der Waals surface area contributed by atoms with Gasteiger partial charge in [0.1, 0.15) is 0 Å². The highest BCUT2D eigenvalue weighted by atomic mass is 31.1. The van der Waals surface area contributed by atoms with Crippen LogP contribution < -0.4 is 0 Å². The van der Waals surface area contributed by atoms with E-state index in [0.29, 0.717) is 8.58 Å². The van der Waals surface area contributed by atoms with Gasteiger partial charge in [-0.15, -0.1) is 0 Å². The predicted molar refractivity (Wildman–Crippen MR) is 72.2 cm³/mol. The van der Waals surface area contributed by atoms with Gasteiger partial charge in [0.2, 0.25) is 0 Å². The molecular formula is C14H23P. The molecule has 0 bridgehead atoms. The summed E-state index contributed by atoms with van der Waals surface area (Å²) in [6.07, 6.45) is 9.77. The summed E-state index contributed by atoms with van der Waals surface area (Å²) < 4.78 is 0. The average Bonchev–Trinajstić information content (AvgIpc) is 2.26. The fourth-order valence-corrected chi connectivity index (χ4v) is 1.66. The molecule has 0 aliphatic carbocycles. The van der Waals surface area contributed by atoms with Crippen molar-refractivity contribution in [2.45, 2.75) is 65.2 Å². The molecule has 0 saturated heterocycles. The highest BCUT2D eigenvalue weighted by Gasteiger charge is 1.81. The molecule has 0 heterocycles. The zero-order valence-corrected chi connectivity index (χ0v) is 11.2. The fourth-order valence-electron chi connectivity index (χ4n) is 1.17. The van der Waals surface area contributed by atoms with Gasteiger partial charge in [0.05, 0.1) is 0 Å². The third kappa shape index (κ3) is 13.6. The van der Waals surface area contributed by atoms with E-state index in [1.54, 1.807) is 0 Å². The monoisotopic (exact) mass is 222 g/mol. The Bertz CT molecular complexity index is 208. The van der Waals surface area contributed by atoms with Crippen LogP contribution in [0.15, 0.2) is 0 Å². The molecule has 0 nitrogen and oxygen atoms in total. The number of hydrogen-bond acceptors (Lipinski definition) is 0. The highest BCUT2D eigenvalue weighted by molar-refractivity contribution is 7.49. The van der Waals surface area contributed by atoms with Crippen molar-refractivity contribution in [2.24, 2.45) is 0 Å². The smallest absolute Gasteiger partial charge is 0.0358 e. The van der Waals surface area contributed by atoms with Gasteiger partial charge >= 0.3 is 0 Å². The molecule has 84 valence electrons. The maximum atomic E-state index is 3.18. The van der Waals surface area contributed by atoms with Crippen molar-refractivity contribution >= 4 is 8.58 Å². The minimum atomic E-state index is 0.534. The molecular weight excluding hydrogens is 199 g/mol. The number of unbranched alkanes of at least 4 members (excludes halogenated alkanes) is 6. The normalized spacial score (nSPS) is 8.67. The van der Waals surface area contributed by atoms with Crippen molar-refractivity contribution in [1.29, 1.82) is 0 Å². The maximum Gasteiger partial charge on any atom is 0.0358 e. The number of hydrogen-bond donors (Lipinski definition) is 0. The molecule has 15 heavy (non-hydrogen) atoms. The van der Waals surface area contributed by atoms with Crippen molar-refractivity contribution in [3.63, 3.8) is 0 Å². The van der Waals surface area contributed by atoms with E-state index < -0.39 is 0 Å². The molecule has 0 unspecified atom stereocenters. The van der Waals surface area contributed by atoms with E-state index >= 15 is 0 Å². The molecule has 0 rings (SSSR count). The van der Waals surface area contributed by atoms with Crippen LogP contribution in [-0.2, 0) is 0 Å². The Labute approximate surface area is 97.4 Å². The van der Waals surface area contributed by atoms with Gasteiger partial charge in [-0.3, -0.25) is 0 Å². The lowest BCUT2D eigenvalue weighted by atomic mass is 10.2. The Kier molecular flexibility index (Phi) is 13.1. The Morgan fingerprint density at radius 2 is 1.20 bits per heavy atom. The summed E-state index contributed by atoms with van der Waals surface area (Å²) in [6.45, 7) is 4.44. The van der Waals surface area contributed by atoms with E-state index in [1.165, 1.54) is 38.5 Å². The standard InChI is InChI=1S/C14H23P/c1-3-5-7-9-11-13-15-14-12-10-8-6-4-2/h15H,3-10H2,1-2H3. The van der Waals surface area contributed by atoms with Gasteiger partial charge in [-0.25, -0.2) is 0 Å². The van der Waals surface area contributed by atoms with Crippen LogP contribution in [0.5, 0.6) is 0 Å². The molecule has 0 spiro atoms. The van der Waals surface area contributed by atoms with Crippen LogP contribution in [0.25, 0.3) is 0 Å². The van der Waals surface area contributed by atoms with Crippen molar-refractivity contribution in [2.75, 3.05) is 0 Å². The summed E-state index contributed by atoms with van der Waals surface area (Å²) in [5, 5.41) is 0. The molecule has 1 heteroatoms. The van der Waals surface area contributed by atoms with Crippen LogP contribution >= 0.6 is 8.58 Å².